The fraction of sp³-hybridized carbons (Fsp3) is 0.227. The monoisotopic (exact) mass is 408 g/mol. The van der Waals surface area contributed by atoms with Crippen molar-refractivity contribution in [2.24, 2.45) is 0 Å². The average molecular weight is 409 g/mol. The van der Waals surface area contributed by atoms with Crippen molar-refractivity contribution in [2.75, 3.05) is 25.2 Å². The molecule has 0 bridgehead atoms. The molecule has 1 heterocycles. The molecule has 0 atom stereocenters. The van der Waals surface area contributed by atoms with Gasteiger partial charge < -0.3 is 10.2 Å². The van der Waals surface area contributed by atoms with Gasteiger partial charge in [0.2, 0.25) is 5.91 Å². The van der Waals surface area contributed by atoms with Gasteiger partial charge in [0.1, 0.15) is 0 Å². The van der Waals surface area contributed by atoms with Gasteiger partial charge >= 0.3 is 0 Å². The molecular formula is C22H24N4O2S. The van der Waals surface area contributed by atoms with Crippen LogP contribution in [0.2, 0.25) is 0 Å². The summed E-state index contributed by atoms with van der Waals surface area (Å²) in [5.74, 6) is 0.0360. The van der Waals surface area contributed by atoms with E-state index >= 15 is 0 Å². The number of aryl methyl sites for hydroxylation is 2. The number of nitrogens with zero attached hydrogens (tertiary/aromatic N) is 3. The number of benzene rings is 2. The second-order valence-electron chi connectivity index (χ2n) is 6.98. The third-order valence-electron chi connectivity index (χ3n) is 4.37. The Labute approximate surface area is 174 Å². The Morgan fingerprint density at radius 1 is 1.10 bits per heavy atom. The summed E-state index contributed by atoms with van der Waals surface area (Å²) >= 11 is 1.38. The molecule has 2 amide bonds. The van der Waals surface area contributed by atoms with Crippen molar-refractivity contribution < 1.29 is 9.59 Å². The van der Waals surface area contributed by atoms with Gasteiger partial charge in [0.25, 0.3) is 5.91 Å². The van der Waals surface area contributed by atoms with Crippen LogP contribution in [0.5, 0.6) is 0 Å². The molecule has 0 unspecified atom stereocenters. The minimum atomic E-state index is -0.128. The van der Waals surface area contributed by atoms with Crippen molar-refractivity contribution >= 4 is 29.3 Å². The van der Waals surface area contributed by atoms with Crippen LogP contribution in [-0.2, 0) is 4.79 Å². The summed E-state index contributed by atoms with van der Waals surface area (Å²) in [6.45, 7) is 4.13. The van der Waals surface area contributed by atoms with Crippen LogP contribution in [0.3, 0.4) is 0 Å². The molecule has 150 valence electrons. The third kappa shape index (κ3) is 5.06. The maximum atomic E-state index is 12.3. The number of hydrogen-bond acceptors (Lipinski definition) is 4. The number of rotatable bonds is 6. The number of thioether (sulfide) groups is 1. The zero-order valence-electron chi connectivity index (χ0n) is 17.0. The Morgan fingerprint density at radius 3 is 2.48 bits per heavy atom. The normalized spacial score (nSPS) is 10.6. The molecule has 3 aromatic rings. The Balaban J connectivity index is 1.62. The van der Waals surface area contributed by atoms with Gasteiger partial charge in [0.05, 0.1) is 11.4 Å². The van der Waals surface area contributed by atoms with Gasteiger partial charge in [0, 0.05) is 37.7 Å². The highest BCUT2D eigenvalue weighted by Gasteiger charge is 2.12. The van der Waals surface area contributed by atoms with Gasteiger partial charge in [-0.1, -0.05) is 29.5 Å². The van der Waals surface area contributed by atoms with Crippen LogP contribution in [0, 0.1) is 13.8 Å². The van der Waals surface area contributed by atoms with Gasteiger partial charge in [0.15, 0.2) is 5.16 Å². The maximum absolute atomic E-state index is 12.3. The molecule has 0 spiro atoms. The van der Waals surface area contributed by atoms with Crippen LogP contribution in [0.1, 0.15) is 21.5 Å². The first-order valence-corrected chi connectivity index (χ1v) is 10.2. The van der Waals surface area contributed by atoms with Crippen LogP contribution in [0.4, 0.5) is 5.69 Å². The molecular weight excluding hydrogens is 384 g/mol. The van der Waals surface area contributed by atoms with E-state index in [9.17, 15) is 9.59 Å². The van der Waals surface area contributed by atoms with Crippen molar-refractivity contribution in [2.45, 2.75) is 19.0 Å². The average Bonchev–Trinajstić information content (AvgIpc) is 3.14. The van der Waals surface area contributed by atoms with E-state index in [1.54, 1.807) is 44.6 Å². The lowest BCUT2D eigenvalue weighted by molar-refractivity contribution is -0.113. The molecule has 0 aliphatic carbocycles. The number of aromatic nitrogens is 2. The molecule has 0 saturated heterocycles. The Hall–Kier alpha value is -3.06. The van der Waals surface area contributed by atoms with Gasteiger partial charge in [-0.25, -0.2) is 4.98 Å². The molecule has 0 fully saturated rings. The molecule has 0 aliphatic rings. The summed E-state index contributed by atoms with van der Waals surface area (Å²) in [6, 6.07) is 13.1. The topological polar surface area (TPSA) is 67.2 Å². The molecule has 6 nitrogen and oxygen atoms in total. The van der Waals surface area contributed by atoms with E-state index in [-0.39, 0.29) is 17.6 Å². The molecule has 0 saturated carbocycles. The number of carbonyl (C=O) groups is 2. The van der Waals surface area contributed by atoms with Gasteiger partial charge in [-0.3, -0.25) is 14.2 Å². The molecule has 0 aliphatic heterocycles. The van der Waals surface area contributed by atoms with Crippen LogP contribution in [-0.4, -0.2) is 46.1 Å². The van der Waals surface area contributed by atoms with E-state index in [1.807, 2.05) is 10.8 Å². The minimum Gasteiger partial charge on any atom is -0.345 e. The number of anilines is 1. The number of carbonyl (C=O) groups excluding carboxylic acids is 2. The molecule has 2 aromatic carbocycles. The largest absolute Gasteiger partial charge is 0.345 e. The quantitative estimate of drug-likeness (QED) is 0.628. The highest BCUT2D eigenvalue weighted by Crippen LogP contribution is 2.23. The molecule has 7 heteroatoms. The SMILES string of the molecule is Cc1ccc(-n2ccnc2SCC(=O)Nc2ccc(C(=O)N(C)C)cc2)c(C)c1. The van der Waals surface area contributed by atoms with Crippen LogP contribution >= 0.6 is 11.8 Å². The van der Waals surface area contributed by atoms with E-state index < -0.39 is 0 Å². The van der Waals surface area contributed by atoms with Crippen molar-refractivity contribution in [3.8, 4) is 5.69 Å². The molecule has 29 heavy (non-hydrogen) atoms. The van der Waals surface area contributed by atoms with Crippen molar-refractivity contribution in [1.29, 1.82) is 0 Å². The van der Waals surface area contributed by atoms with E-state index in [4.69, 9.17) is 0 Å². The van der Waals surface area contributed by atoms with E-state index in [0.29, 0.717) is 11.3 Å². The lowest BCUT2D eigenvalue weighted by Gasteiger charge is -2.12. The molecule has 0 radical (unpaired) electrons. The summed E-state index contributed by atoms with van der Waals surface area (Å²) in [5.41, 5.74) is 4.65. The minimum absolute atomic E-state index is 0.0725. The molecule has 1 aromatic heterocycles. The number of nitrogens with one attached hydrogen (secondary N) is 1. The fourth-order valence-corrected chi connectivity index (χ4v) is 3.70. The Morgan fingerprint density at radius 2 is 1.83 bits per heavy atom. The first-order valence-electron chi connectivity index (χ1n) is 9.20. The lowest BCUT2D eigenvalue weighted by atomic mass is 10.1. The summed E-state index contributed by atoms with van der Waals surface area (Å²) in [6.07, 6.45) is 3.64. The second kappa shape index (κ2) is 8.96. The maximum Gasteiger partial charge on any atom is 0.253 e. The summed E-state index contributed by atoms with van der Waals surface area (Å²) in [5, 5.41) is 3.62. The van der Waals surface area contributed by atoms with Crippen molar-refractivity contribution in [1.82, 2.24) is 14.5 Å². The standard InChI is InChI=1S/C22H24N4O2S/c1-15-5-10-19(16(2)13-15)26-12-11-23-22(26)29-14-20(27)24-18-8-6-17(7-9-18)21(28)25(3)4/h5-13H,14H2,1-4H3,(H,24,27). The van der Waals surface area contributed by atoms with Gasteiger partial charge in [-0.05, 0) is 49.7 Å². The van der Waals surface area contributed by atoms with E-state index in [1.165, 1.54) is 22.2 Å². The van der Waals surface area contributed by atoms with E-state index in [0.717, 1.165) is 16.4 Å². The number of amides is 2. The first-order chi connectivity index (χ1) is 13.8. The zero-order chi connectivity index (χ0) is 21.0. The van der Waals surface area contributed by atoms with Gasteiger partial charge in [-0.15, -0.1) is 0 Å². The lowest BCUT2D eigenvalue weighted by Crippen LogP contribution is -2.21. The number of hydrogen-bond donors (Lipinski definition) is 1. The molecule has 3 rings (SSSR count). The summed E-state index contributed by atoms with van der Waals surface area (Å²) in [7, 11) is 3.41. The predicted octanol–water partition coefficient (Wildman–Crippen LogP) is 3.92. The zero-order valence-corrected chi connectivity index (χ0v) is 17.8. The third-order valence-corrected chi connectivity index (χ3v) is 5.34. The van der Waals surface area contributed by atoms with Crippen molar-refractivity contribution in [3.05, 3.63) is 71.5 Å². The summed E-state index contributed by atoms with van der Waals surface area (Å²) < 4.78 is 1.99. The number of imidazole rings is 1. The van der Waals surface area contributed by atoms with Crippen molar-refractivity contribution in [3.63, 3.8) is 0 Å². The van der Waals surface area contributed by atoms with Crippen LogP contribution in [0.15, 0.2) is 60.0 Å². The Bertz CT molecular complexity index is 1030. The summed E-state index contributed by atoms with van der Waals surface area (Å²) in [4.78, 5) is 30.2. The molecule has 1 N–H and O–H groups in total. The Kier molecular flexibility index (Phi) is 6.39. The van der Waals surface area contributed by atoms with E-state index in [2.05, 4.69) is 42.3 Å². The smallest absolute Gasteiger partial charge is 0.253 e. The fourth-order valence-electron chi connectivity index (χ4n) is 2.94. The first kappa shape index (κ1) is 20.7. The van der Waals surface area contributed by atoms with Gasteiger partial charge in [-0.2, -0.15) is 0 Å². The predicted molar refractivity (Wildman–Crippen MR) is 117 cm³/mol. The van der Waals surface area contributed by atoms with Crippen LogP contribution in [0.25, 0.3) is 5.69 Å². The highest BCUT2D eigenvalue weighted by atomic mass is 32.2. The van der Waals surface area contributed by atoms with Crippen LogP contribution < -0.4 is 5.32 Å². The second-order valence-corrected chi connectivity index (χ2v) is 7.93. The highest BCUT2D eigenvalue weighted by molar-refractivity contribution is 7.99.